The summed E-state index contributed by atoms with van der Waals surface area (Å²) < 4.78 is 40.0. The van der Waals surface area contributed by atoms with Crippen LogP contribution in [0, 0.1) is 10.8 Å². The van der Waals surface area contributed by atoms with Crippen LogP contribution in [0.3, 0.4) is 0 Å². The summed E-state index contributed by atoms with van der Waals surface area (Å²) in [6, 6.07) is 0. The minimum absolute atomic E-state index is 0.0261. The molecule has 5 heterocycles. The summed E-state index contributed by atoms with van der Waals surface area (Å²) in [6.07, 6.45) is 24.4. The number of oxazole rings is 2. The zero-order valence-electron chi connectivity index (χ0n) is 32.8. The molecule has 56 heavy (non-hydrogen) atoms. The third-order valence-electron chi connectivity index (χ3n) is 9.83. The Bertz CT molecular complexity index is 1940. The van der Waals surface area contributed by atoms with Crippen molar-refractivity contribution in [1.29, 1.82) is 0 Å². The van der Waals surface area contributed by atoms with Crippen LogP contribution in [0.1, 0.15) is 87.1 Å². The van der Waals surface area contributed by atoms with Crippen LogP contribution in [-0.4, -0.2) is 83.3 Å². The average Bonchev–Trinajstić information content (AvgIpc) is 3.96. The molecule has 2 saturated heterocycles. The van der Waals surface area contributed by atoms with Gasteiger partial charge in [-0.05, 0) is 53.7 Å². The van der Waals surface area contributed by atoms with E-state index in [-0.39, 0.29) is 78.4 Å². The Morgan fingerprint density at radius 2 is 1.23 bits per heavy atom. The molecule has 13 nitrogen and oxygen atoms in total. The Morgan fingerprint density at radius 1 is 0.714 bits per heavy atom. The van der Waals surface area contributed by atoms with Crippen molar-refractivity contribution in [3.8, 4) is 0 Å². The van der Waals surface area contributed by atoms with Crippen molar-refractivity contribution in [3.63, 3.8) is 0 Å². The molecule has 3 unspecified atom stereocenters. The Hall–Kier alpha value is -5.24. The SMILES string of the molecule is C/C=C/C(=O)C(C)(C)[C@@H]1C/C=C\C2OC2/C=C/[C@H](OC)Cc2nc(co2)C(=O)O[C@H](C(C)(C)C(=O)/C=C/C)C/C=C\[C@H]2OC2/C=C/C=C\c2nc(co2)C(=O)O1. The lowest BCUT2D eigenvalue weighted by Crippen LogP contribution is -2.39. The molecule has 7 atom stereocenters. The lowest BCUT2D eigenvalue weighted by molar-refractivity contribution is -0.129. The van der Waals surface area contributed by atoms with Gasteiger partial charge in [-0.2, -0.15) is 0 Å². The number of hydrogen-bond donors (Lipinski definition) is 0. The maximum atomic E-state index is 13.3. The highest BCUT2D eigenvalue weighted by molar-refractivity contribution is 5.96. The summed E-state index contributed by atoms with van der Waals surface area (Å²) >= 11 is 0. The van der Waals surface area contributed by atoms with Crippen molar-refractivity contribution in [1.82, 2.24) is 9.97 Å². The number of methoxy groups -OCH3 is 1. The molecule has 298 valence electrons. The quantitative estimate of drug-likeness (QED) is 0.124. The molecule has 0 saturated carbocycles. The van der Waals surface area contributed by atoms with Gasteiger partial charge in [0.1, 0.15) is 49.2 Å². The molecule has 0 spiro atoms. The van der Waals surface area contributed by atoms with Gasteiger partial charge in [0.2, 0.25) is 5.89 Å². The minimum atomic E-state index is -1.05. The molecule has 5 rings (SSSR count). The number of carbonyl (C=O) groups excluding carboxylic acids is 4. The van der Waals surface area contributed by atoms with Gasteiger partial charge in [-0.1, -0.05) is 66.8 Å². The molecule has 2 aromatic heterocycles. The number of esters is 2. The summed E-state index contributed by atoms with van der Waals surface area (Å²) in [6.45, 7) is 10.4. The van der Waals surface area contributed by atoms with E-state index in [1.807, 2.05) is 42.5 Å². The highest BCUT2D eigenvalue weighted by Crippen LogP contribution is 2.33. The van der Waals surface area contributed by atoms with Crippen LogP contribution < -0.4 is 0 Å². The molecule has 2 aromatic rings. The second-order valence-corrected chi connectivity index (χ2v) is 14.7. The Balaban J connectivity index is 1.37. The number of aromatic nitrogens is 2. The lowest BCUT2D eigenvalue weighted by atomic mass is 9.80. The molecule has 3 aliphatic rings. The number of fused-ring (bicyclic) bond motifs is 6. The molecule has 0 amide bonds. The molecule has 0 aromatic carbocycles. The lowest BCUT2D eigenvalue weighted by Gasteiger charge is -2.30. The summed E-state index contributed by atoms with van der Waals surface area (Å²) in [5.74, 6) is -1.36. The van der Waals surface area contributed by atoms with Crippen LogP contribution in [-0.2, 0) is 39.7 Å². The van der Waals surface area contributed by atoms with E-state index in [1.165, 1.54) is 24.7 Å². The van der Waals surface area contributed by atoms with E-state index in [4.69, 9.17) is 32.5 Å². The number of allylic oxidation sites excluding steroid dienone is 6. The van der Waals surface area contributed by atoms with Crippen LogP contribution in [0.15, 0.2) is 100 Å². The van der Waals surface area contributed by atoms with Gasteiger partial charge in [0.25, 0.3) is 0 Å². The van der Waals surface area contributed by atoms with E-state index in [0.717, 1.165) is 0 Å². The van der Waals surface area contributed by atoms with E-state index >= 15 is 0 Å². The second kappa shape index (κ2) is 18.6. The van der Waals surface area contributed by atoms with Gasteiger partial charge >= 0.3 is 11.9 Å². The number of ether oxygens (including phenoxy) is 5. The van der Waals surface area contributed by atoms with Crippen molar-refractivity contribution in [3.05, 3.63) is 115 Å². The number of hydrogen-bond acceptors (Lipinski definition) is 13. The van der Waals surface area contributed by atoms with Gasteiger partial charge in [0.15, 0.2) is 28.8 Å². The number of nitrogens with zero attached hydrogens (tertiary/aromatic N) is 2. The van der Waals surface area contributed by atoms with Gasteiger partial charge in [0.05, 0.1) is 23.4 Å². The summed E-state index contributed by atoms with van der Waals surface area (Å²) in [5.41, 5.74) is -2.15. The highest BCUT2D eigenvalue weighted by atomic mass is 16.6. The largest absolute Gasteiger partial charge is 0.456 e. The van der Waals surface area contributed by atoms with Crippen LogP contribution in [0.2, 0.25) is 0 Å². The molecular formula is C43H50N2O11. The first-order chi connectivity index (χ1) is 26.8. The topological polar surface area (TPSA) is 173 Å². The van der Waals surface area contributed by atoms with Gasteiger partial charge in [0, 0.05) is 26.0 Å². The van der Waals surface area contributed by atoms with E-state index < -0.39 is 41.1 Å². The fraction of sp³-hybridized carbons (Fsp3) is 0.442. The molecular weight excluding hydrogens is 720 g/mol. The molecule has 0 aliphatic carbocycles. The molecule has 3 aliphatic heterocycles. The van der Waals surface area contributed by atoms with E-state index in [2.05, 4.69) is 9.97 Å². The fourth-order valence-corrected chi connectivity index (χ4v) is 5.88. The Kier molecular flexibility index (Phi) is 13.9. The van der Waals surface area contributed by atoms with E-state index in [1.54, 1.807) is 79.0 Å². The number of ketones is 2. The Labute approximate surface area is 326 Å². The first-order valence-corrected chi connectivity index (χ1v) is 18.6. The van der Waals surface area contributed by atoms with Crippen LogP contribution in [0.25, 0.3) is 6.08 Å². The zero-order valence-corrected chi connectivity index (χ0v) is 32.8. The monoisotopic (exact) mass is 770 g/mol. The maximum Gasteiger partial charge on any atom is 0.360 e. The van der Waals surface area contributed by atoms with Crippen molar-refractivity contribution < 1.29 is 51.7 Å². The summed E-state index contributed by atoms with van der Waals surface area (Å²) in [4.78, 5) is 61.3. The zero-order chi connectivity index (χ0) is 40.5. The smallest absolute Gasteiger partial charge is 0.360 e. The molecule has 0 N–H and O–H groups in total. The Morgan fingerprint density at radius 3 is 1.79 bits per heavy atom. The van der Waals surface area contributed by atoms with Gasteiger partial charge < -0.3 is 32.5 Å². The van der Waals surface area contributed by atoms with Gasteiger partial charge in [-0.3, -0.25) is 9.59 Å². The van der Waals surface area contributed by atoms with Crippen molar-refractivity contribution in [2.24, 2.45) is 10.8 Å². The van der Waals surface area contributed by atoms with E-state index in [9.17, 15) is 19.2 Å². The van der Waals surface area contributed by atoms with Crippen molar-refractivity contribution >= 4 is 29.6 Å². The third kappa shape index (κ3) is 11.0. The normalized spacial score (nSPS) is 29.6. The number of carbonyl (C=O) groups is 4. The van der Waals surface area contributed by atoms with Crippen LogP contribution >= 0.6 is 0 Å². The fourth-order valence-electron chi connectivity index (χ4n) is 5.88. The number of epoxide rings is 2. The maximum absolute atomic E-state index is 13.3. The van der Waals surface area contributed by atoms with Gasteiger partial charge in [-0.25, -0.2) is 19.6 Å². The second-order valence-electron chi connectivity index (χ2n) is 14.7. The van der Waals surface area contributed by atoms with Crippen LogP contribution in [0.5, 0.6) is 0 Å². The van der Waals surface area contributed by atoms with Crippen molar-refractivity contribution in [2.75, 3.05) is 7.11 Å². The number of rotatable bonds is 7. The first kappa shape index (κ1) is 41.9. The molecule has 4 bridgehead atoms. The van der Waals surface area contributed by atoms with E-state index in [0.29, 0.717) is 0 Å². The van der Waals surface area contributed by atoms with Gasteiger partial charge in [-0.15, -0.1) is 0 Å². The molecule has 2 fully saturated rings. The summed E-state index contributed by atoms with van der Waals surface area (Å²) in [5, 5.41) is 0. The molecule has 0 radical (unpaired) electrons. The average molecular weight is 771 g/mol. The third-order valence-corrected chi connectivity index (χ3v) is 9.83. The molecule has 13 heteroatoms. The van der Waals surface area contributed by atoms with Crippen LogP contribution in [0.4, 0.5) is 0 Å². The van der Waals surface area contributed by atoms with Crippen molar-refractivity contribution in [2.45, 2.75) is 104 Å². The highest BCUT2D eigenvalue weighted by Gasteiger charge is 2.41. The summed E-state index contributed by atoms with van der Waals surface area (Å²) in [7, 11) is 1.55. The first-order valence-electron chi connectivity index (χ1n) is 18.6. The minimum Gasteiger partial charge on any atom is -0.456 e. The number of cyclic esters (lactones) is 2. The standard InChI is InChI=1S/C43H50N2O11/c1-8-14-34(46)42(3,4)36-20-13-18-32-33(54-32)23-22-27(50-7)24-39-45-29(26-52-39)41(49)56-37(43(5,6)35(47)15-9-2)19-12-17-31-30(53-31)16-10-11-21-38-44-28(25-51-38)40(48)55-36/h8-18,21-23,25-27,30-33,36-37H,19-20,24H2,1-7H3/b14-8+,15-9+,16-10+,17-12-,18-13-,21-11-,23-22+/t27-,30?,31+,32?,33?,36-,37-/m0/s1. The predicted octanol–water partition coefficient (Wildman–Crippen LogP) is 6.88. The predicted molar refractivity (Wildman–Crippen MR) is 205 cm³/mol.